The monoisotopic (exact) mass is 358 g/mol. The van der Waals surface area contributed by atoms with Crippen molar-refractivity contribution < 1.29 is 9.90 Å². The maximum Gasteiger partial charge on any atom is 0.256 e. The molecule has 4 heteroatoms. The van der Waals surface area contributed by atoms with Gasteiger partial charge in [-0.15, -0.1) is 0 Å². The van der Waals surface area contributed by atoms with Crippen LogP contribution in [0.1, 0.15) is 57.4 Å². The molecule has 0 bridgehead atoms. The zero-order valence-electron chi connectivity index (χ0n) is 16.1. The predicted octanol–water partition coefficient (Wildman–Crippen LogP) is 3.30. The third-order valence-electron chi connectivity index (χ3n) is 6.46. The molecule has 3 rings (SSSR count). The maximum atomic E-state index is 13.2. The summed E-state index contributed by atoms with van der Waals surface area (Å²) in [6.07, 6.45) is 7.51. The number of benzene rings is 1. The van der Waals surface area contributed by atoms with Crippen molar-refractivity contribution in [2.24, 2.45) is 11.8 Å². The van der Waals surface area contributed by atoms with E-state index in [-0.39, 0.29) is 11.8 Å². The van der Waals surface area contributed by atoms with Gasteiger partial charge in [-0.05, 0) is 56.8 Å². The second-order valence-electron chi connectivity index (χ2n) is 8.06. The molecule has 1 aromatic rings. The first-order valence-corrected chi connectivity index (χ1v) is 10.4. The fraction of sp³-hybridized carbons (Fsp3) is 0.682. The van der Waals surface area contributed by atoms with E-state index in [0.717, 1.165) is 63.7 Å². The number of hydrogen-bond acceptors (Lipinski definition) is 3. The van der Waals surface area contributed by atoms with Crippen molar-refractivity contribution >= 4 is 5.91 Å². The van der Waals surface area contributed by atoms with Crippen LogP contribution in [-0.4, -0.2) is 42.1 Å². The Bertz CT molecular complexity index is 563. The number of likely N-dealkylation sites (tertiary alicyclic amines) is 1. The van der Waals surface area contributed by atoms with Crippen molar-refractivity contribution in [1.29, 1.82) is 0 Å². The molecular formula is C22H34N2O2. The van der Waals surface area contributed by atoms with E-state index >= 15 is 0 Å². The summed E-state index contributed by atoms with van der Waals surface area (Å²) in [7, 11) is 0. The van der Waals surface area contributed by atoms with E-state index in [0.29, 0.717) is 12.5 Å². The highest BCUT2D eigenvalue weighted by atomic mass is 16.3. The highest BCUT2D eigenvalue weighted by Crippen LogP contribution is 2.39. The molecule has 0 radical (unpaired) electrons. The number of rotatable bonds is 6. The average molecular weight is 359 g/mol. The second kappa shape index (κ2) is 9.01. The number of hydrogen-bond donors (Lipinski definition) is 2. The minimum absolute atomic E-state index is 0.0144. The lowest BCUT2D eigenvalue weighted by Crippen LogP contribution is -2.51. The molecule has 1 aliphatic carbocycles. The van der Waals surface area contributed by atoms with Crippen molar-refractivity contribution in [2.75, 3.05) is 26.2 Å². The first-order chi connectivity index (χ1) is 12.6. The molecule has 144 valence electrons. The van der Waals surface area contributed by atoms with E-state index in [2.05, 4.69) is 17.1 Å². The second-order valence-corrected chi connectivity index (χ2v) is 8.06. The summed E-state index contributed by atoms with van der Waals surface area (Å²) in [5.41, 5.74) is -0.656. The van der Waals surface area contributed by atoms with E-state index in [1.165, 1.54) is 6.42 Å². The van der Waals surface area contributed by atoms with Crippen molar-refractivity contribution in [3.63, 3.8) is 0 Å². The van der Waals surface area contributed by atoms with Gasteiger partial charge in [0.15, 0.2) is 5.60 Å². The molecule has 4 nitrogen and oxygen atoms in total. The molecule has 1 aromatic carbocycles. The Morgan fingerprint density at radius 2 is 1.77 bits per heavy atom. The summed E-state index contributed by atoms with van der Waals surface area (Å²) < 4.78 is 0. The van der Waals surface area contributed by atoms with Crippen LogP contribution in [-0.2, 0) is 10.4 Å². The molecule has 26 heavy (non-hydrogen) atoms. The number of carbonyl (C=O) groups is 1. The highest BCUT2D eigenvalue weighted by Gasteiger charge is 2.45. The molecule has 0 aromatic heterocycles. The Kier molecular flexibility index (Phi) is 6.71. The van der Waals surface area contributed by atoms with Crippen LogP contribution >= 0.6 is 0 Å². The van der Waals surface area contributed by atoms with E-state index in [9.17, 15) is 9.90 Å². The minimum atomic E-state index is -1.40. The first-order valence-electron chi connectivity index (χ1n) is 10.4. The van der Waals surface area contributed by atoms with Gasteiger partial charge in [0.25, 0.3) is 5.91 Å². The van der Waals surface area contributed by atoms with Gasteiger partial charge < -0.3 is 15.3 Å². The summed E-state index contributed by atoms with van der Waals surface area (Å²) in [4.78, 5) is 15.6. The van der Waals surface area contributed by atoms with Gasteiger partial charge >= 0.3 is 0 Å². The summed E-state index contributed by atoms with van der Waals surface area (Å²) in [5, 5.41) is 14.7. The Morgan fingerprint density at radius 3 is 2.38 bits per heavy atom. The number of aliphatic hydroxyl groups is 1. The third-order valence-corrected chi connectivity index (χ3v) is 6.46. The molecule has 1 amide bonds. The van der Waals surface area contributed by atoms with Crippen LogP contribution in [0.4, 0.5) is 0 Å². The van der Waals surface area contributed by atoms with Crippen LogP contribution in [0.25, 0.3) is 0 Å². The minimum Gasteiger partial charge on any atom is -0.375 e. The molecule has 2 fully saturated rings. The van der Waals surface area contributed by atoms with Crippen molar-refractivity contribution in [3.8, 4) is 0 Å². The van der Waals surface area contributed by atoms with Gasteiger partial charge in [-0.3, -0.25) is 4.79 Å². The first kappa shape index (κ1) is 19.4. The maximum absolute atomic E-state index is 13.2. The van der Waals surface area contributed by atoms with Gasteiger partial charge in [-0.1, -0.05) is 56.5 Å². The van der Waals surface area contributed by atoms with E-state index in [4.69, 9.17) is 0 Å². The molecule has 0 spiro atoms. The smallest absolute Gasteiger partial charge is 0.256 e. The SMILES string of the molecule is CCN1CCC(CNC(=O)C(O)(c2ccccc2)C2CCCCC2)CC1. The summed E-state index contributed by atoms with van der Waals surface area (Å²) >= 11 is 0. The van der Waals surface area contributed by atoms with Crippen LogP contribution in [0.15, 0.2) is 30.3 Å². The molecule has 1 saturated carbocycles. The summed E-state index contributed by atoms with van der Waals surface area (Å²) in [6, 6.07) is 9.56. The summed E-state index contributed by atoms with van der Waals surface area (Å²) in [5.74, 6) is 0.335. The van der Waals surface area contributed by atoms with E-state index in [1.807, 2.05) is 30.3 Å². The molecule has 2 aliphatic rings. The lowest BCUT2D eigenvalue weighted by molar-refractivity contribution is -0.149. The van der Waals surface area contributed by atoms with Gasteiger partial charge in [0.05, 0.1) is 0 Å². The van der Waals surface area contributed by atoms with Crippen LogP contribution in [0.2, 0.25) is 0 Å². The molecule has 2 N–H and O–H groups in total. The average Bonchev–Trinajstić information content (AvgIpc) is 2.73. The summed E-state index contributed by atoms with van der Waals surface area (Å²) in [6.45, 7) is 6.21. The Hall–Kier alpha value is -1.39. The van der Waals surface area contributed by atoms with E-state index < -0.39 is 5.60 Å². The Morgan fingerprint density at radius 1 is 1.12 bits per heavy atom. The fourth-order valence-corrected chi connectivity index (χ4v) is 4.64. The number of piperidine rings is 1. The zero-order valence-corrected chi connectivity index (χ0v) is 16.1. The van der Waals surface area contributed by atoms with Crippen molar-refractivity contribution in [1.82, 2.24) is 10.2 Å². The number of nitrogens with zero attached hydrogens (tertiary/aromatic N) is 1. The van der Waals surface area contributed by atoms with Gasteiger partial charge in [-0.25, -0.2) is 0 Å². The molecule has 1 aliphatic heterocycles. The fourth-order valence-electron chi connectivity index (χ4n) is 4.64. The zero-order chi connectivity index (χ0) is 18.4. The topological polar surface area (TPSA) is 52.6 Å². The van der Waals surface area contributed by atoms with E-state index in [1.54, 1.807) is 0 Å². The quantitative estimate of drug-likeness (QED) is 0.820. The lowest BCUT2D eigenvalue weighted by Gasteiger charge is -2.38. The van der Waals surface area contributed by atoms with Crippen LogP contribution in [0, 0.1) is 11.8 Å². The van der Waals surface area contributed by atoms with Crippen LogP contribution in [0.5, 0.6) is 0 Å². The third kappa shape index (κ3) is 4.29. The molecule has 1 unspecified atom stereocenters. The Balaban J connectivity index is 1.67. The molecule has 1 atom stereocenters. The van der Waals surface area contributed by atoms with Gasteiger partial charge in [0, 0.05) is 12.5 Å². The molecular weight excluding hydrogens is 324 g/mol. The largest absolute Gasteiger partial charge is 0.375 e. The normalized spacial score (nSPS) is 22.7. The van der Waals surface area contributed by atoms with Crippen LogP contribution in [0.3, 0.4) is 0 Å². The predicted molar refractivity (Wildman–Crippen MR) is 105 cm³/mol. The Labute approximate surface area is 158 Å². The number of amides is 1. The van der Waals surface area contributed by atoms with Crippen molar-refractivity contribution in [2.45, 2.75) is 57.5 Å². The van der Waals surface area contributed by atoms with Gasteiger partial charge in [0.1, 0.15) is 0 Å². The molecule has 1 heterocycles. The highest BCUT2D eigenvalue weighted by molar-refractivity contribution is 5.86. The van der Waals surface area contributed by atoms with Crippen molar-refractivity contribution in [3.05, 3.63) is 35.9 Å². The lowest BCUT2D eigenvalue weighted by atomic mass is 9.72. The number of nitrogens with one attached hydrogen (secondary N) is 1. The van der Waals surface area contributed by atoms with Crippen LogP contribution < -0.4 is 5.32 Å². The number of carbonyl (C=O) groups excluding carboxylic acids is 1. The van der Waals surface area contributed by atoms with Gasteiger partial charge in [-0.2, -0.15) is 0 Å². The molecule has 1 saturated heterocycles. The standard InChI is InChI=1S/C22H34N2O2/c1-2-24-15-13-18(14-16-24)17-23-21(25)22(26,19-9-5-3-6-10-19)20-11-7-4-8-12-20/h3,5-6,9-10,18,20,26H,2,4,7-8,11-17H2,1H3,(H,23,25). The van der Waals surface area contributed by atoms with Gasteiger partial charge in [0.2, 0.25) is 0 Å².